The highest BCUT2D eigenvalue weighted by Gasteiger charge is 2.25. The van der Waals surface area contributed by atoms with Crippen LogP contribution in [0.15, 0.2) is 60.3 Å². The minimum atomic E-state index is -1.22. The fraction of sp³-hybridized carbons (Fsp3) is 0.190. The molecule has 156 valence electrons. The molecule has 0 aromatic heterocycles. The van der Waals surface area contributed by atoms with Crippen LogP contribution in [0.4, 0.5) is 5.69 Å². The fourth-order valence-electron chi connectivity index (χ4n) is 2.57. The molecule has 0 radical (unpaired) electrons. The number of nitrogens with one attached hydrogen (secondary N) is 2. The van der Waals surface area contributed by atoms with Crippen molar-refractivity contribution in [1.82, 2.24) is 10.6 Å². The van der Waals surface area contributed by atoms with Crippen molar-refractivity contribution in [3.8, 4) is 0 Å². The lowest BCUT2D eigenvalue weighted by Crippen LogP contribution is -2.47. The van der Waals surface area contributed by atoms with Crippen LogP contribution in [0.3, 0.4) is 0 Å². The van der Waals surface area contributed by atoms with Gasteiger partial charge in [0.25, 0.3) is 17.5 Å². The van der Waals surface area contributed by atoms with Crippen LogP contribution in [0.25, 0.3) is 6.08 Å². The van der Waals surface area contributed by atoms with E-state index in [4.69, 9.17) is 0 Å². The number of rotatable bonds is 8. The van der Waals surface area contributed by atoms with Gasteiger partial charge in [-0.2, -0.15) is 0 Å². The number of nitro benzene ring substituents is 1. The van der Waals surface area contributed by atoms with Crippen molar-refractivity contribution in [2.45, 2.75) is 19.9 Å². The average molecular weight is 411 g/mol. The molecule has 0 aliphatic rings. The van der Waals surface area contributed by atoms with Crippen molar-refractivity contribution in [3.05, 3.63) is 81.5 Å². The number of hydrogen-bond donors (Lipinski definition) is 3. The predicted molar refractivity (Wildman–Crippen MR) is 109 cm³/mol. The Bertz CT molecular complexity index is 985. The molecule has 3 N–H and O–H groups in total. The molecule has 0 heterocycles. The molecule has 9 heteroatoms. The maximum Gasteiger partial charge on any atom is 0.326 e. The van der Waals surface area contributed by atoms with Crippen molar-refractivity contribution < 1.29 is 24.4 Å². The maximum atomic E-state index is 12.8. The number of carboxylic acid groups (broad SMARTS) is 1. The Morgan fingerprint density at radius 1 is 1.07 bits per heavy atom. The van der Waals surface area contributed by atoms with E-state index < -0.39 is 34.7 Å². The molecule has 0 aliphatic heterocycles. The molecule has 2 amide bonds. The lowest BCUT2D eigenvalue weighted by molar-refractivity contribution is -0.384. The van der Waals surface area contributed by atoms with Gasteiger partial charge in [0.05, 0.1) is 4.92 Å². The molecule has 0 unspecified atom stereocenters. The first-order valence-corrected chi connectivity index (χ1v) is 9.05. The summed E-state index contributed by atoms with van der Waals surface area (Å²) in [6, 6.07) is 12.4. The van der Waals surface area contributed by atoms with E-state index in [0.717, 1.165) is 0 Å². The minimum absolute atomic E-state index is 0.191. The summed E-state index contributed by atoms with van der Waals surface area (Å²) in [6.07, 6.45) is 1.25. The summed E-state index contributed by atoms with van der Waals surface area (Å²) < 4.78 is 0. The second-order valence-corrected chi connectivity index (χ2v) is 6.76. The topological polar surface area (TPSA) is 139 Å². The Kier molecular flexibility index (Phi) is 7.40. The van der Waals surface area contributed by atoms with Gasteiger partial charge in [-0.3, -0.25) is 19.7 Å². The Labute approximate surface area is 172 Å². The van der Waals surface area contributed by atoms with Crippen LogP contribution in [-0.2, 0) is 9.59 Å². The van der Waals surface area contributed by atoms with Gasteiger partial charge in [-0.05, 0) is 29.7 Å². The van der Waals surface area contributed by atoms with Gasteiger partial charge in [0, 0.05) is 17.7 Å². The number of aliphatic carboxylic acids is 1. The second-order valence-electron chi connectivity index (χ2n) is 6.76. The molecule has 2 aromatic carbocycles. The normalized spacial score (nSPS) is 12.2. The van der Waals surface area contributed by atoms with Gasteiger partial charge in [-0.15, -0.1) is 0 Å². The van der Waals surface area contributed by atoms with Gasteiger partial charge < -0.3 is 15.7 Å². The van der Waals surface area contributed by atoms with E-state index in [0.29, 0.717) is 5.56 Å². The van der Waals surface area contributed by atoms with E-state index in [1.807, 2.05) is 0 Å². The van der Waals surface area contributed by atoms with Gasteiger partial charge in [-0.25, -0.2) is 4.79 Å². The van der Waals surface area contributed by atoms with Crippen molar-refractivity contribution >= 4 is 29.5 Å². The SMILES string of the molecule is CC(C)[C@@H](NC(=O)C(=Cc1cccc([N+](=O)[O-])c1)NC(=O)c1ccccc1)C(=O)O. The first kappa shape index (κ1) is 22.3. The summed E-state index contributed by atoms with van der Waals surface area (Å²) in [4.78, 5) is 47.1. The lowest BCUT2D eigenvalue weighted by Gasteiger charge is -2.19. The van der Waals surface area contributed by atoms with E-state index in [1.54, 1.807) is 44.2 Å². The van der Waals surface area contributed by atoms with Gasteiger partial charge in [0.15, 0.2) is 0 Å². The largest absolute Gasteiger partial charge is 0.480 e. The van der Waals surface area contributed by atoms with Crippen LogP contribution in [0, 0.1) is 16.0 Å². The van der Waals surface area contributed by atoms with Crippen LogP contribution in [-0.4, -0.2) is 33.9 Å². The van der Waals surface area contributed by atoms with E-state index in [-0.39, 0.29) is 16.9 Å². The van der Waals surface area contributed by atoms with E-state index in [2.05, 4.69) is 10.6 Å². The van der Waals surface area contributed by atoms with Crippen LogP contribution in [0.2, 0.25) is 0 Å². The molecular formula is C21H21N3O6. The third-order valence-electron chi connectivity index (χ3n) is 4.14. The van der Waals surface area contributed by atoms with Crippen LogP contribution >= 0.6 is 0 Å². The van der Waals surface area contributed by atoms with Crippen molar-refractivity contribution in [2.75, 3.05) is 0 Å². The number of hydrogen-bond acceptors (Lipinski definition) is 5. The molecule has 0 saturated heterocycles. The third kappa shape index (κ3) is 5.99. The Morgan fingerprint density at radius 3 is 2.30 bits per heavy atom. The Hall–Kier alpha value is -4.01. The van der Waals surface area contributed by atoms with Crippen molar-refractivity contribution in [1.29, 1.82) is 0 Å². The highest BCUT2D eigenvalue weighted by atomic mass is 16.6. The number of amides is 2. The number of benzene rings is 2. The zero-order chi connectivity index (χ0) is 22.3. The van der Waals surface area contributed by atoms with Gasteiger partial charge >= 0.3 is 5.97 Å². The molecule has 0 fully saturated rings. The predicted octanol–water partition coefficient (Wildman–Crippen LogP) is 2.59. The molecule has 0 bridgehead atoms. The second kappa shape index (κ2) is 9.97. The Balaban J connectivity index is 2.40. The fourth-order valence-corrected chi connectivity index (χ4v) is 2.57. The first-order valence-electron chi connectivity index (χ1n) is 9.05. The Morgan fingerprint density at radius 2 is 1.73 bits per heavy atom. The van der Waals surface area contributed by atoms with Crippen molar-refractivity contribution in [2.24, 2.45) is 5.92 Å². The van der Waals surface area contributed by atoms with Gasteiger partial charge in [0.1, 0.15) is 11.7 Å². The van der Waals surface area contributed by atoms with Crippen LogP contribution < -0.4 is 10.6 Å². The smallest absolute Gasteiger partial charge is 0.326 e. The molecule has 0 saturated carbocycles. The molecule has 2 rings (SSSR count). The van der Waals surface area contributed by atoms with Crippen molar-refractivity contribution in [3.63, 3.8) is 0 Å². The summed E-state index contributed by atoms with van der Waals surface area (Å²) in [5.41, 5.74) is 0.146. The molecular weight excluding hydrogens is 390 g/mol. The first-order chi connectivity index (χ1) is 14.2. The number of nitrogens with zero attached hydrogens (tertiary/aromatic N) is 1. The zero-order valence-electron chi connectivity index (χ0n) is 16.4. The monoisotopic (exact) mass is 411 g/mol. The molecule has 2 aromatic rings. The summed E-state index contributed by atoms with van der Waals surface area (Å²) in [6.45, 7) is 3.26. The lowest BCUT2D eigenvalue weighted by atomic mass is 10.0. The van der Waals surface area contributed by atoms with Crippen LogP contribution in [0.5, 0.6) is 0 Å². The highest BCUT2D eigenvalue weighted by Crippen LogP contribution is 2.16. The number of carboxylic acids is 1. The third-order valence-corrected chi connectivity index (χ3v) is 4.14. The summed E-state index contributed by atoms with van der Waals surface area (Å²) >= 11 is 0. The summed E-state index contributed by atoms with van der Waals surface area (Å²) in [5, 5.41) is 25.2. The zero-order valence-corrected chi connectivity index (χ0v) is 16.4. The molecule has 1 atom stereocenters. The van der Waals surface area contributed by atoms with E-state index >= 15 is 0 Å². The molecule has 0 spiro atoms. The summed E-state index contributed by atoms with van der Waals surface area (Å²) in [5.74, 6) is -3.04. The van der Waals surface area contributed by atoms with Gasteiger partial charge in [-0.1, -0.05) is 44.2 Å². The number of non-ortho nitro benzene ring substituents is 1. The average Bonchev–Trinajstić information content (AvgIpc) is 2.71. The van der Waals surface area contributed by atoms with E-state index in [9.17, 15) is 29.6 Å². The van der Waals surface area contributed by atoms with E-state index in [1.165, 1.54) is 30.3 Å². The van der Waals surface area contributed by atoms with Crippen LogP contribution in [0.1, 0.15) is 29.8 Å². The molecule has 0 aliphatic carbocycles. The molecule has 30 heavy (non-hydrogen) atoms. The summed E-state index contributed by atoms with van der Waals surface area (Å²) in [7, 11) is 0. The quantitative estimate of drug-likeness (QED) is 0.347. The standard InChI is InChI=1S/C21H21N3O6/c1-13(2)18(21(27)28)23-20(26)17(22-19(25)15-8-4-3-5-9-15)12-14-7-6-10-16(11-14)24(29)30/h3-13,18H,1-2H3,(H,22,25)(H,23,26)(H,27,28)/t18-/m1/s1. The minimum Gasteiger partial charge on any atom is -0.480 e. The maximum absolute atomic E-state index is 12.8. The number of carbonyl (C=O) groups is 3. The van der Waals surface area contributed by atoms with Gasteiger partial charge in [0.2, 0.25) is 0 Å². The highest BCUT2D eigenvalue weighted by molar-refractivity contribution is 6.06. The number of carbonyl (C=O) groups excluding carboxylic acids is 2. The molecule has 9 nitrogen and oxygen atoms in total. The number of nitro groups is 1.